The van der Waals surface area contributed by atoms with Gasteiger partial charge in [-0.05, 0) is 24.3 Å². The number of benzene rings is 2. The normalized spacial score (nSPS) is 10.9. The van der Waals surface area contributed by atoms with Gasteiger partial charge in [0.1, 0.15) is 11.6 Å². The number of nitrogens with one attached hydrogen (secondary N) is 2. The van der Waals surface area contributed by atoms with E-state index in [1.807, 2.05) is 24.3 Å². The Morgan fingerprint density at radius 3 is 2.70 bits per heavy atom. The van der Waals surface area contributed by atoms with Gasteiger partial charge in [0.15, 0.2) is 0 Å². The van der Waals surface area contributed by atoms with Gasteiger partial charge in [-0.15, -0.1) is 0 Å². The molecular weight excluding hydrogens is 282 g/mol. The molecule has 0 bridgehead atoms. The van der Waals surface area contributed by atoms with E-state index in [0.29, 0.717) is 5.02 Å². The maximum Gasteiger partial charge on any atom is 0.146 e. The van der Waals surface area contributed by atoms with E-state index < -0.39 is 11.6 Å². The van der Waals surface area contributed by atoms with Crippen LogP contribution in [0.3, 0.4) is 0 Å². The zero-order chi connectivity index (χ0) is 14.1. The molecule has 0 aliphatic heterocycles. The first-order valence-corrected chi connectivity index (χ1v) is 6.47. The van der Waals surface area contributed by atoms with E-state index in [1.54, 1.807) is 0 Å². The van der Waals surface area contributed by atoms with Crippen LogP contribution in [0.2, 0.25) is 5.02 Å². The quantitative estimate of drug-likeness (QED) is 0.719. The van der Waals surface area contributed by atoms with Crippen molar-refractivity contribution in [3.8, 4) is 0 Å². The lowest BCUT2D eigenvalue weighted by atomic mass is 10.2. The van der Waals surface area contributed by atoms with Crippen molar-refractivity contribution in [2.75, 3.05) is 5.32 Å². The second-order valence-electron chi connectivity index (χ2n) is 4.44. The Balaban J connectivity index is 1.87. The number of hydrogen-bond acceptors (Lipinski definition) is 1. The number of anilines is 1. The van der Waals surface area contributed by atoms with Crippen LogP contribution in [0.5, 0.6) is 0 Å². The molecule has 5 heteroatoms. The largest absolute Gasteiger partial charge is 0.377 e. The highest BCUT2D eigenvalue weighted by molar-refractivity contribution is 6.36. The van der Waals surface area contributed by atoms with Gasteiger partial charge >= 0.3 is 0 Å². The van der Waals surface area contributed by atoms with Crippen LogP contribution in [0.25, 0.3) is 10.9 Å². The van der Waals surface area contributed by atoms with E-state index in [4.69, 9.17) is 11.6 Å². The van der Waals surface area contributed by atoms with Crippen LogP contribution < -0.4 is 5.32 Å². The zero-order valence-corrected chi connectivity index (χ0v) is 11.1. The van der Waals surface area contributed by atoms with Gasteiger partial charge in [0.25, 0.3) is 0 Å². The molecule has 0 unspecified atom stereocenters. The maximum absolute atomic E-state index is 13.5. The molecular formula is C15H11ClF2N2. The lowest BCUT2D eigenvalue weighted by molar-refractivity contribution is 0.602. The number of hydrogen-bond donors (Lipinski definition) is 2. The van der Waals surface area contributed by atoms with Crippen LogP contribution in [0, 0.1) is 11.6 Å². The summed E-state index contributed by atoms with van der Waals surface area (Å²) in [6.45, 7) is 0.286. The van der Waals surface area contributed by atoms with Crippen molar-refractivity contribution >= 4 is 28.2 Å². The molecule has 3 aromatic rings. The van der Waals surface area contributed by atoms with Crippen molar-refractivity contribution in [1.82, 2.24) is 4.98 Å². The molecule has 0 radical (unpaired) electrons. The highest BCUT2D eigenvalue weighted by Crippen LogP contribution is 2.28. The first-order chi connectivity index (χ1) is 9.65. The second-order valence-corrected chi connectivity index (χ2v) is 4.82. The Bertz CT molecular complexity index is 768. The van der Waals surface area contributed by atoms with Gasteiger partial charge in [-0.25, -0.2) is 8.78 Å². The fraction of sp³-hybridized carbons (Fsp3) is 0.0667. The minimum atomic E-state index is -0.501. The van der Waals surface area contributed by atoms with Crippen molar-refractivity contribution in [3.05, 3.63) is 64.8 Å². The number of H-pyrrole nitrogens is 1. The molecule has 0 fully saturated rings. The number of para-hydroxylation sites is 1. The number of halogens is 3. The molecule has 0 amide bonds. The lowest BCUT2D eigenvalue weighted by Crippen LogP contribution is -2.02. The Labute approximate surface area is 119 Å². The number of aromatic nitrogens is 1. The van der Waals surface area contributed by atoms with E-state index in [-0.39, 0.29) is 12.2 Å². The van der Waals surface area contributed by atoms with Gasteiger partial charge in [0, 0.05) is 10.9 Å². The van der Waals surface area contributed by atoms with Crippen LogP contribution in [-0.2, 0) is 6.54 Å². The highest BCUT2D eigenvalue weighted by atomic mass is 35.5. The average molecular weight is 293 g/mol. The second kappa shape index (κ2) is 5.13. The van der Waals surface area contributed by atoms with Gasteiger partial charge in [0.05, 0.1) is 22.9 Å². The Hall–Kier alpha value is -2.07. The molecule has 2 aromatic carbocycles. The summed E-state index contributed by atoms with van der Waals surface area (Å²) < 4.78 is 26.6. The van der Waals surface area contributed by atoms with Crippen molar-refractivity contribution in [3.63, 3.8) is 0 Å². The van der Waals surface area contributed by atoms with E-state index in [1.165, 1.54) is 0 Å². The van der Waals surface area contributed by atoms with Gasteiger partial charge in [-0.1, -0.05) is 29.8 Å². The molecule has 0 atom stereocenters. The maximum atomic E-state index is 13.5. The summed E-state index contributed by atoms with van der Waals surface area (Å²) in [4.78, 5) is 3.16. The number of aromatic amines is 1. The fourth-order valence-electron chi connectivity index (χ4n) is 2.10. The van der Waals surface area contributed by atoms with Gasteiger partial charge in [0.2, 0.25) is 0 Å². The van der Waals surface area contributed by atoms with Gasteiger partial charge < -0.3 is 10.3 Å². The molecule has 1 aromatic heterocycles. The third-order valence-corrected chi connectivity index (χ3v) is 3.53. The van der Waals surface area contributed by atoms with Crippen LogP contribution in [0.4, 0.5) is 14.5 Å². The standard InChI is InChI=1S/C15H11ClF2N2/c16-15-10-3-1-2-4-12(10)20-14(15)8-19-13-7-9(17)5-6-11(13)18/h1-7,19-20H,8H2. The predicted octanol–water partition coefficient (Wildman–Crippen LogP) is 4.71. The Kier molecular flexibility index (Phi) is 3.32. The third kappa shape index (κ3) is 2.34. The molecule has 0 aliphatic carbocycles. The Morgan fingerprint density at radius 2 is 1.90 bits per heavy atom. The van der Waals surface area contributed by atoms with Crippen molar-refractivity contribution in [2.24, 2.45) is 0 Å². The smallest absolute Gasteiger partial charge is 0.146 e. The summed E-state index contributed by atoms with van der Waals surface area (Å²) in [6, 6.07) is 10.9. The summed E-state index contributed by atoms with van der Waals surface area (Å²) in [7, 11) is 0. The molecule has 2 nitrogen and oxygen atoms in total. The number of fused-ring (bicyclic) bond motifs is 1. The molecule has 2 N–H and O–H groups in total. The van der Waals surface area contributed by atoms with Crippen molar-refractivity contribution < 1.29 is 8.78 Å². The highest BCUT2D eigenvalue weighted by Gasteiger charge is 2.10. The van der Waals surface area contributed by atoms with Crippen LogP contribution in [-0.4, -0.2) is 4.98 Å². The van der Waals surface area contributed by atoms with Gasteiger partial charge in [-0.2, -0.15) is 0 Å². The summed E-state index contributed by atoms with van der Waals surface area (Å²) >= 11 is 6.26. The van der Waals surface area contributed by atoms with E-state index in [9.17, 15) is 8.78 Å². The molecule has 102 valence electrons. The SMILES string of the molecule is Fc1ccc(F)c(NCc2[nH]c3ccccc3c2Cl)c1. The zero-order valence-electron chi connectivity index (χ0n) is 10.4. The molecule has 1 heterocycles. The Morgan fingerprint density at radius 1 is 1.10 bits per heavy atom. The third-order valence-electron chi connectivity index (χ3n) is 3.10. The fourth-order valence-corrected chi connectivity index (χ4v) is 2.38. The van der Waals surface area contributed by atoms with Crippen LogP contribution in [0.1, 0.15) is 5.69 Å². The molecule has 3 rings (SSSR count). The molecule has 20 heavy (non-hydrogen) atoms. The van der Waals surface area contributed by atoms with Crippen molar-refractivity contribution in [2.45, 2.75) is 6.54 Å². The topological polar surface area (TPSA) is 27.8 Å². The average Bonchev–Trinajstić information content (AvgIpc) is 2.77. The van der Waals surface area contributed by atoms with E-state index >= 15 is 0 Å². The molecule has 0 spiro atoms. The predicted molar refractivity (Wildman–Crippen MR) is 77.0 cm³/mol. The minimum Gasteiger partial charge on any atom is -0.377 e. The van der Waals surface area contributed by atoms with Crippen LogP contribution in [0.15, 0.2) is 42.5 Å². The van der Waals surface area contributed by atoms with E-state index in [0.717, 1.165) is 34.8 Å². The first kappa shape index (κ1) is 12.9. The summed E-state index contributed by atoms with van der Waals surface area (Å²) in [5, 5.41) is 4.34. The monoisotopic (exact) mass is 292 g/mol. The summed E-state index contributed by atoms with van der Waals surface area (Å²) in [5.41, 5.74) is 1.75. The number of rotatable bonds is 3. The molecule has 0 aliphatic rings. The molecule has 0 saturated heterocycles. The van der Waals surface area contributed by atoms with Crippen molar-refractivity contribution in [1.29, 1.82) is 0 Å². The van der Waals surface area contributed by atoms with Gasteiger partial charge in [-0.3, -0.25) is 0 Å². The lowest BCUT2D eigenvalue weighted by Gasteiger charge is -2.07. The van der Waals surface area contributed by atoms with Crippen LogP contribution >= 0.6 is 11.6 Å². The van der Waals surface area contributed by atoms with E-state index in [2.05, 4.69) is 10.3 Å². The summed E-state index contributed by atoms with van der Waals surface area (Å²) in [5.74, 6) is -0.990. The first-order valence-electron chi connectivity index (χ1n) is 6.09. The minimum absolute atomic E-state index is 0.111. The summed E-state index contributed by atoms with van der Waals surface area (Å²) in [6.07, 6.45) is 0. The molecule has 0 saturated carbocycles.